The highest BCUT2D eigenvalue weighted by Gasteiger charge is 2.36. The summed E-state index contributed by atoms with van der Waals surface area (Å²) in [6.45, 7) is 9.88. The molecule has 3 heteroatoms. The SMILES string of the molecule is CCCN1c2cc(F)c(C=Nc3ccc4ccccc4c3)cc2C(C)CC1(C)C. The number of fused-ring (bicyclic) bond motifs is 2. The standard InChI is InChI=1S/C26H29FN2/c1-5-12-29-25-15-24(27)21(14-23(25)18(2)16-26(29,3)4)17-28-22-11-10-19-8-6-7-9-20(19)13-22/h6-11,13-15,17-18H,5,12,16H2,1-4H3. The zero-order valence-corrected chi connectivity index (χ0v) is 17.7. The molecular weight excluding hydrogens is 359 g/mol. The monoisotopic (exact) mass is 388 g/mol. The third-order valence-electron chi connectivity index (χ3n) is 6.04. The van der Waals surface area contributed by atoms with Crippen molar-refractivity contribution in [3.8, 4) is 0 Å². The molecule has 0 amide bonds. The van der Waals surface area contributed by atoms with Gasteiger partial charge < -0.3 is 4.90 Å². The first-order valence-corrected chi connectivity index (χ1v) is 10.5. The van der Waals surface area contributed by atoms with Crippen LogP contribution in [-0.4, -0.2) is 18.3 Å². The van der Waals surface area contributed by atoms with E-state index in [4.69, 9.17) is 0 Å². The van der Waals surface area contributed by atoms with Gasteiger partial charge in [0.2, 0.25) is 0 Å². The van der Waals surface area contributed by atoms with Gasteiger partial charge in [0.15, 0.2) is 0 Å². The van der Waals surface area contributed by atoms with Crippen molar-refractivity contribution in [1.82, 2.24) is 0 Å². The fourth-order valence-electron chi connectivity index (χ4n) is 4.67. The van der Waals surface area contributed by atoms with Gasteiger partial charge >= 0.3 is 0 Å². The Hall–Kier alpha value is -2.68. The molecule has 0 saturated carbocycles. The van der Waals surface area contributed by atoms with E-state index in [-0.39, 0.29) is 11.4 Å². The summed E-state index contributed by atoms with van der Waals surface area (Å²) < 4.78 is 15.0. The Morgan fingerprint density at radius 3 is 2.62 bits per heavy atom. The third-order valence-corrected chi connectivity index (χ3v) is 6.04. The van der Waals surface area contributed by atoms with Gasteiger partial charge in [0.25, 0.3) is 0 Å². The summed E-state index contributed by atoms with van der Waals surface area (Å²) in [5.41, 5.74) is 3.69. The molecule has 1 heterocycles. The Kier molecular flexibility index (Phi) is 5.16. The maximum Gasteiger partial charge on any atom is 0.134 e. The van der Waals surface area contributed by atoms with Gasteiger partial charge in [0.1, 0.15) is 5.82 Å². The minimum atomic E-state index is -0.209. The maximum absolute atomic E-state index is 15.0. The summed E-state index contributed by atoms with van der Waals surface area (Å²) in [6, 6.07) is 18.0. The number of benzene rings is 3. The van der Waals surface area contributed by atoms with Crippen LogP contribution < -0.4 is 4.90 Å². The van der Waals surface area contributed by atoms with E-state index in [1.165, 1.54) is 10.9 Å². The number of hydrogen-bond donors (Lipinski definition) is 0. The lowest BCUT2D eigenvalue weighted by atomic mass is 9.79. The number of anilines is 1. The molecule has 0 spiro atoms. The molecular formula is C26H29FN2. The number of nitrogens with zero attached hydrogens (tertiary/aromatic N) is 2. The highest BCUT2D eigenvalue weighted by Crippen LogP contribution is 2.44. The maximum atomic E-state index is 15.0. The van der Waals surface area contributed by atoms with Crippen LogP contribution in [0.5, 0.6) is 0 Å². The van der Waals surface area contributed by atoms with Gasteiger partial charge in [-0.15, -0.1) is 0 Å². The molecule has 3 aromatic rings. The summed E-state index contributed by atoms with van der Waals surface area (Å²) in [5.74, 6) is 0.181. The van der Waals surface area contributed by atoms with E-state index < -0.39 is 0 Å². The van der Waals surface area contributed by atoms with Crippen LogP contribution in [0.1, 0.15) is 57.6 Å². The lowest BCUT2D eigenvalue weighted by molar-refractivity contribution is 0.375. The molecule has 3 aromatic carbocycles. The van der Waals surface area contributed by atoms with Crippen molar-refractivity contribution >= 4 is 28.4 Å². The molecule has 4 rings (SSSR count). The minimum absolute atomic E-state index is 0.0373. The van der Waals surface area contributed by atoms with E-state index in [0.717, 1.165) is 36.1 Å². The highest BCUT2D eigenvalue weighted by atomic mass is 19.1. The van der Waals surface area contributed by atoms with Crippen LogP contribution in [0.2, 0.25) is 0 Å². The van der Waals surface area contributed by atoms with E-state index in [2.05, 4.69) is 55.8 Å². The van der Waals surface area contributed by atoms with Crippen LogP contribution in [0, 0.1) is 5.82 Å². The predicted octanol–water partition coefficient (Wildman–Crippen LogP) is 7.23. The van der Waals surface area contributed by atoms with Crippen molar-refractivity contribution in [2.24, 2.45) is 4.99 Å². The van der Waals surface area contributed by atoms with E-state index in [1.54, 1.807) is 12.3 Å². The molecule has 1 aliphatic rings. The second-order valence-electron chi connectivity index (χ2n) is 8.79. The van der Waals surface area contributed by atoms with Crippen molar-refractivity contribution in [3.05, 3.63) is 71.5 Å². The normalized spacial score (nSPS) is 18.4. The largest absolute Gasteiger partial charge is 0.366 e. The average molecular weight is 389 g/mol. The molecule has 0 N–H and O–H groups in total. The van der Waals surface area contributed by atoms with Crippen molar-refractivity contribution in [3.63, 3.8) is 0 Å². The first kappa shape index (κ1) is 19.6. The molecule has 0 saturated heterocycles. The smallest absolute Gasteiger partial charge is 0.134 e. The minimum Gasteiger partial charge on any atom is -0.366 e. The Balaban J connectivity index is 1.70. The summed E-state index contributed by atoms with van der Waals surface area (Å²) in [7, 11) is 0. The molecule has 0 fully saturated rings. The fourth-order valence-corrected chi connectivity index (χ4v) is 4.67. The van der Waals surface area contributed by atoms with Crippen LogP contribution in [0.15, 0.2) is 59.6 Å². The topological polar surface area (TPSA) is 15.6 Å². The van der Waals surface area contributed by atoms with Crippen LogP contribution in [0.4, 0.5) is 15.8 Å². The van der Waals surface area contributed by atoms with E-state index in [9.17, 15) is 0 Å². The van der Waals surface area contributed by atoms with Gasteiger partial charge in [0, 0.05) is 29.5 Å². The van der Waals surface area contributed by atoms with Gasteiger partial charge in [0.05, 0.1) is 5.69 Å². The second kappa shape index (κ2) is 7.62. The number of aliphatic imine (C=N–C) groups is 1. The van der Waals surface area contributed by atoms with Gasteiger partial charge in [-0.05, 0) is 73.2 Å². The lowest BCUT2D eigenvalue weighted by Gasteiger charge is -2.47. The van der Waals surface area contributed by atoms with Gasteiger partial charge in [-0.25, -0.2) is 4.39 Å². The molecule has 150 valence electrons. The van der Waals surface area contributed by atoms with Crippen LogP contribution in [-0.2, 0) is 0 Å². The molecule has 0 aliphatic carbocycles. The molecule has 2 nitrogen and oxygen atoms in total. The molecule has 1 aliphatic heterocycles. The van der Waals surface area contributed by atoms with Crippen molar-refractivity contribution in [1.29, 1.82) is 0 Å². The lowest BCUT2D eigenvalue weighted by Crippen LogP contribution is -2.48. The molecule has 1 unspecified atom stereocenters. The molecule has 0 aromatic heterocycles. The average Bonchev–Trinajstić information content (AvgIpc) is 2.69. The van der Waals surface area contributed by atoms with Gasteiger partial charge in [-0.2, -0.15) is 0 Å². The number of halogens is 1. The first-order chi connectivity index (χ1) is 13.9. The zero-order chi connectivity index (χ0) is 20.6. The Labute approximate surface area is 173 Å². The Bertz CT molecular complexity index is 1070. The summed E-state index contributed by atoms with van der Waals surface area (Å²) in [4.78, 5) is 6.94. The second-order valence-corrected chi connectivity index (χ2v) is 8.79. The van der Waals surface area contributed by atoms with Crippen LogP contribution in [0.25, 0.3) is 10.8 Å². The molecule has 29 heavy (non-hydrogen) atoms. The number of hydrogen-bond acceptors (Lipinski definition) is 2. The van der Waals surface area contributed by atoms with Crippen molar-refractivity contribution in [2.75, 3.05) is 11.4 Å². The highest BCUT2D eigenvalue weighted by molar-refractivity contribution is 5.88. The summed E-state index contributed by atoms with van der Waals surface area (Å²) in [5, 5.41) is 2.32. The quantitative estimate of drug-likeness (QED) is 0.430. The van der Waals surface area contributed by atoms with E-state index in [0.29, 0.717) is 11.5 Å². The fraction of sp³-hybridized carbons (Fsp3) is 0.346. The third kappa shape index (κ3) is 3.78. The van der Waals surface area contributed by atoms with E-state index in [1.807, 2.05) is 30.3 Å². The Morgan fingerprint density at radius 2 is 1.86 bits per heavy atom. The van der Waals surface area contributed by atoms with Gasteiger partial charge in [-0.3, -0.25) is 4.99 Å². The molecule has 0 bridgehead atoms. The van der Waals surface area contributed by atoms with Gasteiger partial charge in [-0.1, -0.05) is 44.2 Å². The van der Waals surface area contributed by atoms with Crippen LogP contribution in [0.3, 0.4) is 0 Å². The van der Waals surface area contributed by atoms with Crippen molar-refractivity contribution < 1.29 is 4.39 Å². The Morgan fingerprint density at radius 1 is 1.10 bits per heavy atom. The first-order valence-electron chi connectivity index (χ1n) is 10.5. The summed E-state index contributed by atoms with van der Waals surface area (Å²) >= 11 is 0. The van der Waals surface area contributed by atoms with E-state index >= 15 is 4.39 Å². The zero-order valence-electron chi connectivity index (χ0n) is 17.7. The predicted molar refractivity (Wildman–Crippen MR) is 122 cm³/mol. The van der Waals surface area contributed by atoms with Crippen molar-refractivity contribution in [2.45, 2.75) is 52.0 Å². The van der Waals surface area contributed by atoms with Crippen LogP contribution >= 0.6 is 0 Å². The number of rotatable bonds is 4. The summed E-state index contributed by atoms with van der Waals surface area (Å²) in [6.07, 6.45) is 3.77. The molecule has 0 radical (unpaired) electrons. The molecule has 1 atom stereocenters.